The van der Waals surface area contributed by atoms with Gasteiger partial charge in [-0.15, -0.1) is 35.8 Å². The van der Waals surface area contributed by atoms with Crippen LogP contribution in [-0.4, -0.2) is 58.8 Å². The maximum absolute atomic E-state index is 10.8. The fraction of sp³-hybridized carbons (Fsp3) is 0.315. The molecular weight excluding hydrogens is 947 g/mol. The van der Waals surface area contributed by atoms with Crippen LogP contribution in [0.2, 0.25) is 0 Å². The van der Waals surface area contributed by atoms with Gasteiger partial charge in [0.1, 0.15) is 47.0 Å². The second kappa shape index (κ2) is 20.4. The Morgan fingerprint density at radius 2 is 1.14 bits per heavy atom. The molecule has 8 aromatic rings. The molecule has 8 rings (SSSR count). The lowest BCUT2D eigenvalue weighted by atomic mass is 9.90. The van der Waals surface area contributed by atoms with E-state index in [1.54, 1.807) is 14.0 Å². The van der Waals surface area contributed by atoms with Crippen molar-refractivity contribution in [1.82, 2.24) is 44.7 Å². The molecule has 3 aromatic carbocycles. The summed E-state index contributed by atoms with van der Waals surface area (Å²) in [5.41, 5.74) is 15.4. The number of nitrogens with zero attached hydrogens (tertiary/aromatic N) is 16. The topological polar surface area (TPSA) is 236 Å². The summed E-state index contributed by atoms with van der Waals surface area (Å²) < 4.78 is 2.91. The summed E-state index contributed by atoms with van der Waals surface area (Å²) >= 11 is 1.15. The van der Waals surface area contributed by atoms with Gasteiger partial charge in [-0.3, -0.25) is 0 Å². The lowest BCUT2D eigenvalue weighted by Gasteiger charge is -2.25. The molecule has 0 saturated heterocycles. The molecule has 0 spiro atoms. The second-order valence-corrected chi connectivity index (χ2v) is 20.6. The molecule has 0 radical (unpaired) electrons. The van der Waals surface area contributed by atoms with Gasteiger partial charge >= 0.3 is 0 Å². The highest BCUT2D eigenvalue weighted by Gasteiger charge is 2.30. The van der Waals surface area contributed by atoms with E-state index in [4.69, 9.17) is 25.3 Å². The first-order valence-corrected chi connectivity index (χ1v) is 24.7. The summed E-state index contributed by atoms with van der Waals surface area (Å²) in [6, 6.07) is 19.3. The van der Waals surface area contributed by atoms with E-state index in [9.17, 15) is 10.5 Å². The third-order valence-corrected chi connectivity index (χ3v) is 13.4. The molecule has 3 N–H and O–H groups in total. The Hall–Kier alpha value is -8.75. The SMILES string of the molecule is CNc1nc(Nc2c(C)cc(C)cc2C)c(N=Nc2ncn(-c3nnc(-n4nc(C(C)(C)C)c(C#N)c4N=Nc4c(C)cc(N(C)c5c(C)cc(C)cc5C)nc4Nc4c(C)cc(C)cc4C)s3)n2)c(C)c1C#N. The normalized spacial score (nSPS) is 11.6. The van der Waals surface area contributed by atoms with E-state index in [0.29, 0.717) is 61.7 Å². The summed E-state index contributed by atoms with van der Waals surface area (Å²) in [6.07, 6.45) is 1.45. The summed E-state index contributed by atoms with van der Waals surface area (Å²) in [7, 11) is 3.73. The second-order valence-electron chi connectivity index (χ2n) is 19.7. The Labute approximate surface area is 435 Å². The van der Waals surface area contributed by atoms with Gasteiger partial charge < -0.3 is 20.9 Å². The van der Waals surface area contributed by atoms with E-state index >= 15 is 0 Å². The Bertz CT molecular complexity index is 3600. The average molecular weight is 1010 g/mol. The van der Waals surface area contributed by atoms with Crippen LogP contribution >= 0.6 is 11.3 Å². The highest BCUT2D eigenvalue weighted by Crippen LogP contribution is 2.42. The molecule has 0 saturated carbocycles. The number of nitriles is 2. The maximum atomic E-state index is 10.8. The van der Waals surface area contributed by atoms with Crippen molar-refractivity contribution in [3.8, 4) is 22.4 Å². The zero-order valence-corrected chi connectivity index (χ0v) is 45.5. The van der Waals surface area contributed by atoms with Gasteiger partial charge in [0.25, 0.3) is 5.95 Å². The molecule has 5 heterocycles. The zero-order chi connectivity index (χ0) is 53.5. The van der Waals surface area contributed by atoms with Crippen LogP contribution in [0, 0.1) is 98.8 Å². The van der Waals surface area contributed by atoms with Crippen molar-refractivity contribution in [1.29, 1.82) is 10.5 Å². The van der Waals surface area contributed by atoms with Gasteiger partial charge in [-0.1, -0.05) is 85.2 Å². The lowest BCUT2D eigenvalue weighted by molar-refractivity contribution is 0.558. The van der Waals surface area contributed by atoms with Gasteiger partial charge in [0.05, 0.1) is 11.3 Å². The van der Waals surface area contributed by atoms with E-state index in [-0.39, 0.29) is 17.3 Å². The minimum absolute atomic E-state index is 0.0205. The van der Waals surface area contributed by atoms with Crippen molar-refractivity contribution in [2.24, 2.45) is 20.5 Å². The first-order valence-electron chi connectivity index (χ1n) is 23.9. The monoisotopic (exact) mass is 1010 g/mol. The zero-order valence-electron chi connectivity index (χ0n) is 44.7. The quantitative estimate of drug-likeness (QED) is 0.0912. The molecule has 0 aliphatic carbocycles. The predicted octanol–water partition coefficient (Wildman–Crippen LogP) is 13.7. The number of benzene rings is 3. The van der Waals surface area contributed by atoms with Crippen LogP contribution in [-0.2, 0) is 5.41 Å². The van der Waals surface area contributed by atoms with E-state index in [0.717, 1.165) is 78.5 Å². The minimum atomic E-state index is -0.564. The highest BCUT2D eigenvalue weighted by molar-refractivity contribution is 7.16. The molecule has 0 unspecified atom stereocenters. The predicted molar refractivity (Wildman–Crippen MR) is 293 cm³/mol. The summed E-state index contributed by atoms with van der Waals surface area (Å²) in [5, 5.41) is 68.6. The van der Waals surface area contributed by atoms with Crippen LogP contribution in [0.15, 0.2) is 69.2 Å². The minimum Gasteiger partial charge on any atom is -0.372 e. The van der Waals surface area contributed by atoms with Crippen LogP contribution in [0.4, 0.5) is 63.5 Å². The van der Waals surface area contributed by atoms with E-state index in [1.165, 1.54) is 21.3 Å². The van der Waals surface area contributed by atoms with Crippen molar-refractivity contribution < 1.29 is 0 Å². The van der Waals surface area contributed by atoms with E-state index in [2.05, 4.69) is 141 Å². The number of hydrogen-bond acceptors (Lipinski definition) is 18. The Morgan fingerprint density at radius 3 is 1.68 bits per heavy atom. The number of nitrogens with one attached hydrogen (secondary N) is 3. The molecule has 0 aliphatic rings. The number of rotatable bonds is 13. The Balaban J connectivity index is 1.17. The van der Waals surface area contributed by atoms with Crippen LogP contribution in [0.3, 0.4) is 0 Å². The molecule has 0 amide bonds. The maximum Gasteiger partial charge on any atom is 0.287 e. The number of hydrogen-bond donors (Lipinski definition) is 3. The van der Waals surface area contributed by atoms with Gasteiger partial charge in [-0.2, -0.15) is 30.0 Å². The van der Waals surface area contributed by atoms with Gasteiger partial charge in [-0.25, -0.2) is 9.97 Å². The van der Waals surface area contributed by atoms with Crippen LogP contribution < -0.4 is 20.9 Å². The standard InChI is InChI=1S/C54H59N19S/c1-27-17-30(4)41(31(5)18-27)60-48-43(34(8)23-40(59-48)71(16)45-35(9)21-29(3)22-36(45)10)63-65-50-39(25-56)46(54(12,13)14)69-73(50)53-68-67-52(74-53)72-26-58-51(70-72)66-64-44-37(11)38(24-55)47(57-15)62-49(44)61-42-32(6)19-28(2)20-33(42)7/h17-23,26H,1-16H3,(H,59,60)(H2,57,61,62). The van der Waals surface area contributed by atoms with E-state index < -0.39 is 5.41 Å². The van der Waals surface area contributed by atoms with Crippen molar-refractivity contribution in [2.45, 2.75) is 102 Å². The number of aromatic nitrogens is 9. The molecule has 0 fully saturated rings. The fourth-order valence-corrected chi connectivity index (χ4v) is 10.0. The first-order chi connectivity index (χ1) is 35.1. The summed E-state index contributed by atoms with van der Waals surface area (Å²) in [5.74, 6) is 2.19. The molecule has 0 aliphatic heterocycles. The van der Waals surface area contributed by atoms with Crippen molar-refractivity contribution >= 4 is 74.8 Å². The smallest absolute Gasteiger partial charge is 0.287 e. The van der Waals surface area contributed by atoms with E-state index in [1.807, 2.05) is 61.6 Å². The average Bonchev–Trinajstić information content (AvgIpc) is 4.09. The van der Waals surface area contributed by atoms with Crippen molar-refractivity contribution in [3.63, 3.8) is 0 Å². The molecule has 0 bridgehead atoms. The molecule has 74 heavy (non-hydrogen) atoms. The molecule has 0 atom stereocenters. The largest absolute Gasteiger partial charge is 0.372 e. The van der Waals surface area contributed by atoms with Gasteiger partial charge in [-0.05, 0) is 121 Å². The highest BCUT2D eigenvalue weighted by atomic mass is 32.1. The summed E-state index contributed by atoms with van der Waals surface area (Å²) in [6.45, 7) is 28.3. The van der Waals surface area contributed by atoms with Crippen LogP contribution in [0.5, 0.6) is 0 Å². The molecular formula is C54H59N19S. The molecule has 5 aromatic heterocycles. The molecule has 20 heteroatoms. The third kappa shape index (κ3) is 10.2. The molecule has 19 nitrogen and oxygen atoms in total. The lowest BCUT2D eigenvalue weighted by Crippen LogP contribution is -2.15. The van der Waals surface area contributed by atoms with Crippen LogP contribution in [0.25, 0.3) is 10.3 Å². The number of azo groups is 2. The number of pyridine rings is 2. The van der Waals surface area contributed by atoms with Crippen molar-refractivity contribution in [3.05, 3.63) is 127 Å². The fourth-order valence-electron chi connectivity index (χ4n) is 9.30. The van der Waals surface area contributed by atoms with Crippen molar-refractivity contribution in [2.75, 3.05) is 34.9 Å². The Morgan fingerprint density at radius 1 is 0.608 bits per heavy atom. The molecule has 376 valence electrons. The van der Waals surface area contributed by atoms with Crippen LogP contribution in [0.1, 0.15) is 98.8 Å². The van der Waals surface area contributed by atoms with Gasteiger partial charge in [0.15, 0.2) is 17.5 Å². The van der Waals surface area contributed by atoms with Gasteiger partial charge in [0, 0.05) is 42.1 Å². The third-order valence-electron chi connectivity index (χ3n) is 12.5. The first kappa shape index (κ1) is 51.6. The van der Waals surface area contributed by atoms with Gasteiger partial charge in [0.2, 0.25) is 10.3 Å². The number of aryl methyl sites for hydroxylation is 10. The summed E-state index contributed by atoms with van der Waals surface area (Å²) in [4.78, 5) is 16.4. The number of anilines is 7. The Kier molecular flexibility index (Phi) is 14.2.